The van der Waals surface area contributed by atoms with Crippen LogP contribution in [-0.4, -0.2) is 47.5 Å². The van der Waals surface area contributed by atoms with Crippen LogP contribution in [0.1, 0.15) is 30.4 Å². The van der Waals surface area contributed by atoms with Crippen molar-refractivity contribution in [2.45, 2.75) is 31.9 Å². The number of non-ortho nitro benzene ring substituents is 1. The van der Waals surface area contributed by atoms with Gasteiger partial charge in [0.15, 0.2) is 5.13 Å². The standard InChI is InChI=1S/C25H24F4N4O3S/c26-18-3-1-16(2-4-18)5-9-31-10-6-24(15-31)7-11-32(12-8-24)23-30-22(34)19-13-17(25(27,28)29)14-20(33(35)36)21(19)37-23/h1-4,13-14H,5-12,15H2. The van der Waals surface area contributed by atoms with Gasteiger partial charge < -0.3 is 9.80 Å². The number of nitrogens with zero attached hydrogens (tertiary/aromatic N) is 4. The summed E-state index contributed by atoms with van der Waals surface area (Å²) in [5, 5.41) is 11.4. The number of nitro groups is 1. The molecule has 0 N–H and O–H groups in total. The molecule has 0 amide bonds. The van der Waals surface area contributed by atoms with E-state index >= 15 is 0 Å². The first-order valence-corrected chi connectivity index (χ1v) is 12.8. The van der Waals surface area contributed by atoms with E-state index in [4.69, 9.17) is 0 Å². The zero-order chi connectivity index (χ0) is 26.4. The number of hydrogen-bond donors (Lipinski definition) is 0. The number of fused-ring (bicyclic) bond motifs is 1. The van der Waals surface area contributed by atoms with Gasteiger partial charge in [-0.2, -0.15) is 18.2 Å². The Morgan fingerprint density at radius 3 is 2.41 bits per heavy atom. The second-order valence-corrected chi connectivity index (χ2v) is 10.8. The lowest BCUT2D eigenvalue weighted by Gasteiger charge is -2.39. The predicted molar refractivity (Wildman–Crippen MR) is 133 cm³/mol. The number of benzene rings is 2. The Bertz CT molecular complexity index is 1390. The quantitative estimate of drug-likeness (QED) is 0.252. The Labute approximate surface area is 213 Å². The van der Waals surface area contributed by atoms with Crippen LogP contribution in [0.2, 0.25) is 0 Å². The molecule has 3 aromatic rings. The first-order valence-electron chi connectivity index (χ1n) is 12.0. The Morgan fingerprint density at radius 1 is 1.08 bits per heavy atom. The zero-order valence-electron chi connectivity index (χ0n) is 19.8. The number of rotatable bonds is 5. The third-order valence-electron chi connectivity index (χ3n) is 7.46. The lowest BCUT2D eigenvalue weighted by Crippen LogP contribution is -2.42. The van der Waals surface area contributed by atoms with E-state index in [9.17, 15) is 32.5 Å². The van der Waals surface area contributed by atoms with E-state index in [1.54, 1.807) is 12.1 Å². The molecule has 3 heterocycles. The number of hydrogen-bond acceptors (Lipinski definition) is 7. The summed E-state index contributed by atoms with van der Waals surface area (Å²) in [5.74, 6) is -0.248. The number of halogens is 4. The third kappa shape index (κ3) is 5.30. The highest BCUT2D eigenvalue weighted by Gasteiger charge is 2.41. The highest BCUT2D eigenvalue weighted by atomic mass is 32.1. The summed E-state index contributed by atoms with van der Waals surface area (Å²) >= 11 is 0.889. The molecule has 2 aromatic carbocycles. The van der Waals surface area contributed by atoms with Crippen LogP contribution < -0.4 is 10.5 Å². The zero-order valence-corrected chi connectivity index (χ0v) is 20.6. The number of piperidine rings is 1. The van der Waals surface area contributed by atoms with E-state index in [0.717, 1.165) is 62.2 Å². The molecule has 0 saturated carbocycles. The largest absolute Gasteiger partial charge is 0.416 e. The van der Waals surface area contributed by atoms with Gasteiger partial charge in [0.05, 0.1) is 15.9 Å². The van der Waals surface area contributed by atoms with Gasteiger partial charge in [0.2, 0.25) is 0 Å². The molecule has 0 bridgehead atoms. The molecule has 2 fully saturated rings. The Kier molecular flexibility index (Phi) is 6.65. The Morgan fingerprint density at radius 2 is 1.76 bits per heavy atom. The average molecular weight is 537 g/mol. The van der Waals surface area contributed by atoms with Crippen LogP contribution in [0.3, 0.4) is 0 Å². The molecule has 7 nitrogen and oxygen atoms in total. The number of likely N-dealkylation sites (tertiary alicyclic amines) is 1. The first kappa shape index (κ1) is 25.5. The lowest BCUT2D eigenvalue weighted by atomic mass is 9.78. The van der Waals surface area contributed by atoms with Crippen LogP contribution >= 0.6 is 11.3 Å². The van der Waals surface area contributed by atoms with Crippen molar-refractivity contribution >= 4 is 32.2 Å². The summed E-state index contributed by atoms with van der Waals surface area (Å²) in [6.07, 6.45) is -1.22. The summed E-state index contributed by atoms with van der Waals surface area (Å²) in [6.45, 7) is 4.00. The summed E-state index contributed by atoms with van der Waals surface area (Å²) in [7, 11) is 0. The van der Waals surface area contributed by atoms with Crippen molar-refractivity contribution in [3.05, 3.63) is 73.8 Å². The number of anilines is 1. The lowest BCUT2D eigenvalue weighted by molar-refractivity contribution is -0.383. The second kappa shape index (κ2) is 9.64. The predicted octanol–water partition coefficient (Wildman–Crippen LogP) is 5.26. The number of alkyl halides is 3. The van der Waals surface area contributed by atoms with Crippen LogP contribution in [0.25, 0.3) is 10.1 Å². The highest BCUT2D eigenvalue weighted by molar-refractivity contribution is 7.22. The fourth-order valence-electron chi connectivity index (χ4n) is 5.31. The van der Waals surface area contributed by atoms with Gasteiger partial charge in [-0.3, -0.25) is 14.9 Å². The molecule has 12 heteroatoms. The van der Waals surface area contributed by atoms with Gasteiger partial charge in [-0.25, -0.2) is 4.39 Å². The van der Waals surface area contributed by atoms with Gasteiger partial charge in [-0.1, -0.05) is 23.5 Å². The van der Waals surface area contributed by atoms with E-state index < -0.39 is 33.3 Å². The SMILES string of the molecule is O=c1nc(N2CCC3(CCN(CCc4ccc(F)cc4)C3)CC2)sc2c([N+](=O)[O-])cc(C(F)(F)F)cc12. The van der Waals surface area contributed by atoms with Gasteiger partial charge in [-0.05, 0) is 61.4 Å². The first-order chi connectivity index (χ1) is 17.5. The molecule has 5 rings (SSSR count). The van der Waals surface area contributed by atoms with Crippen molar-refractivity contribution in [1.29, 1.82) is 0 Å². The number of nitro benzene ring substituents is 1. The summed E-state index contributed by atoms with van der Waals surface area (Å²) in [6, 6.07) is 7.66. The van der Waals surface area contributed by atoms with Crippen LogP contribution in [0, 0.1) is 21.3 Å². The molecule has 2 aliphatic heterocycles. The molecule has 0 unspecified atom stereocenters. The molecule has 0 radical (unpaired) electrons. The van der Waals surface area contributed by atoms with E-state index in [0.29, 0.717) is 30.4 Å². The van der Waals surface area contributed by atoms with Crippen molar-refractivity contribution in [2.24, 2.45) is 5.41 Å². The maximum Gasteiger partial charge on any atom is 0.416 e. The maximum atomic E-state index is 13.2. The van der Waals surface area contributed by atoms with E-state index in [1.807, 2.05) is 4.90 Å². The van der Waals surface area contributed by atoms with Gasteiger partial charge in [0.1, 0.15) is 10.5 Å². The molecular weight excluding hydrogens is 512 g/mol. The second-order valence-electron chi connectivity index (χ2n) is 9.82. The molecule has 0 atom stereocenters. The van der Waals surface area contributed by atoms with Crippen molar-refractivity contribution < 1.29 is 22.5 Å². The van der Waals surface area contributed by atoms with Gasteiger partial charge in [-0.15, -0.1) is 0 Å². The van der Waals surface area contributed by atoms with E-state index in [1.165, 1.54) is 12.1 Å². The molecular formula is C25H24F4N4O3S. The molecule has 0 aliphatic carbocycles. The minimum absolute atomic E-state index is 0.0962. The van der Waals surface area contributed by atoms with Gasteiger partial charge >= 0.3 is 6.18 Å². The molecule has 2 aliphatic rings. The van der Waals surface area contributed by atoms with Crippen LogP contribution in [0.4, 0.5) is 28.4 Å². The Balaban J connectivity index is 1.29. The normalized spacial score (nSPS) is 18.1. The molecule has 2 saturated heterocycles. The Hall–Kier alpha value is -3.12. The average Bonchev–Trinajstić information content (AvgIpc) is 3.25. The topological polar surface area (TPSA) is 79.6 Å². The highest BCUT2D eigenvalue weighted by Crippen LogP contribution is 2.43. The van der Waals surface area contributed by atoms with Crippen LogP contribution in [0.5, 0.6) is 0 Å². The summed E-state index contributed by atoms with van der Waals surface area (Å²) in [4.78, 5) is 31.6. The number of aromatic nitrogens is 1. The fourth-order valence-corrected chi connectivity index (χ4v) is 6.43. The summed E-state index contributed by atoms with van der Waals surface area (Å²) < 4.78 is 52.7. The fraction of sp³-hybridized carbons (Fsp3) is 0.440. The van der Waals surface area contributed by atoms with E-state index in [-0.39, 0.29) is 15.9 Å². The minimum Gasteiger partial charge on any atom is -0.348 e. The molecule has 1 aromatic heterocycles. The smallest absolute Gasteiger partial charge is 0.348 e. The van der Waals surface area contributed by atoms with Crippen molar-refractivity contribution in [1.82, 2.24) is 9.88 Å². The molecule has 37 heavy (non-hydrogen) atoms. The van der Waals surface area contributed by atoms with Crippen LogP contribution in [-0.2, 0) is 12.6 Å². The third-order valence-corrected chi connectivity index (χ3v) is 8.62. The van der Waals surface area contributed by atoms with Crippen LogP contribution in [0.15, 0.2) is 41.2 Å². The van der Waals surface area contributed by atoms with E-state index in [2.05, 4.69) is 9.88 Å². The van der Waals surface area contributed by atoms with Gasteiger partial charge in [0, 0.05) is 32.2 Å². The van der Waals surface area contributed by atoms with Crippen molar-refractivity contribution in [3.63, 3.8) is 0 Å². The minimum atomic E-state index is -4.82. The van der Waals surface area contributed by atoms with Crippen molar-refractivity contribution in [3.8, 4) is 0 Å². The monoisotopic (exact) mass is 536 g/mol. The van der Waals surface area contributed by atoms with Crippen molar-refractivity contribution in [2.75, 3.05) is 37.6 Å². The molecule has 1 spiro atoms. The molecule has 196 valence electrons. The van der Waals surface area contributed by atoms with Gasteiger partial charge in [0.25, 0.3) is 11.2 Å². The maximum absolute atomic E-state index is 13.2. The summed E-state index contributed by atoms with van der Waals surface area (Å²) in [5.41, 5.74) is -1.65.